The zero-order chi connectivity index (χ0) is 24.5. The summed E-state index contributed by atoms with van der Waals surface area (Å²) in [6.45, 7) is 6.04. The van der Waals surface area contributed by atoms with Crippen molar-refractivity contribution >= 4 is 34.5 Å². The molecule has 186 valence electrons. The first-order chi connectivity index (χ1) is 17.1. The van der Waals surface area contributed by atoms with E-state index in [2.05, 4.69) is 15.1 Å². The van der Waals surface area contributed by atoms with Crippen molar-refractivity contribution in [2.45, 2.75) is 19.4 Å². The van der Waals surface area contributed by atoms with Crippen molar-refractivity contribution in [3.8, 4) is 11.5 Å². The molecule has 1 N–H and O–H groups in total. The molecule has 0 bridgehead atoms. The number of methoxy groups -OCH3 is 1. The number of halogens is 1. The monoisotopic (exact) mass is 513 g/mol. The van der Waals surface area contributed by atoms with Crippen LogP contribution in [0.4, 0.5) is 5.69 Å². The molecule has 1 saturated heterocycles. The number of piperazine rings is 1. The maximum atomic E-state index is 12.0. The van der Waals surface area contributed by atoms with Crippen LogP contribution in [0, 0.1) is 0 Å². The van der Waals surface area contributed by atoms with Gasteiger partial charge in [0.2, 0.25) is 0 Å². The maximum absolute atomic E-state index is 12.0. The van der Waals surface area contributed by atoms with Gasteiger partial charge in [-0.25, -0.2) is 0 Å². The molecular formula is C27H32ClN3O3S. The topological polar surface area (TPSA) is 54.0 Å². The molecule has 0 atom stereocenters. The summed E-state index contributed by atoms with van der Waals surface area (Å²) in [6, 6.07) is 17.5. The molecule has 0 aliphatic carbocycles. The van der Waals surface area contributed by atoms with E-state index in [1.807, 2.05) is 60.0 Å². The van der Waals surface area contributed by atoms with Crippen LogP contribution in [-0.4, -0.2) is 57.2 Å². The van der Waals surface area contributed by atoms with Gasteiger partial charge in [-0.2, -0.15) is 0 Å². The molecule has 8 heteroatoms. The van der Waals surface area contributed by atoms with E-state index >= 15 is 0 Å². The summed E-state index contributed by atoms with van der Waals surface area (Å²) in [5.74, 6) is 1.69. The van der Waals surface area contributed by atoms with E-state index in [0.29, 0.717) is 18.2 Å². The number of carbonyl (C=O) groups is 1. The Labute approximate surface area is 216 Å². The van der Waals surface area contributed by atoms with Crippen LogP contribution in [0.15, 0.2) is 60.0 Å². The summed E-state index contributed by atoms with van der Waals surface area (Å²) in [5.41, 5.74) is 2.10. The van der Waals surface area contributed by atoms with Crippen LogP contribution in [-0.2, 0) is 6.61 Å². The summed E-state index contributed by atoms with van der Waals surface area (Å²) < 4.78 is 11.5. The molecule has 3 aromatic rings. The molecule has 35 heavy (non-hydrogen) atoms. The molecule has 1 amide bonds. The smallest absolute Gasteiger partial charge is 0.261 e. The van der Waals surface area contributed by atoms with Gasteiger partial charge in [-0.05, 0) is 66.7 Å². The predicted molar refractivity (Wildman–Crippen MR) is 143 cm³/mol. The molecule has 2 heterocycles. The van der Waals surface area contributed by atoms with Gasteiger partial charge in [-0.3, -0.25) is 9.69 Å². The van der Waals surface area contributed by atoms with E-state index in [1.54, 1.807) is 7.11 Å². The zero-order valence-corrected chi connectivity index (χ0v) is 21.6. The molecular weight excluding hydrogens is 482 g/mol. The van der Waals surface area contributed by atoms with Gasteiger partial charge in [0.1, 0.15) is 18.1 Å². The highest BCUT2D eigenvalue weighted by atomic mass is 35.5. The Hall–Kier alpha value is -2.74. The van der Waals surface area contributed by atoms with Crippen LogP contribution in [0.5, 0.6) is 11.5 Å². The summed E-state index contributed by atoms with van der Waals surface area (Å²) >= 11 is 7.81. The first kappa shape index (κ1) is 25.4. The molecule has 6 nitrogen and oxygen atoms in total. The van der Waals surface area contributed by atoms with Crippen LogP contribution in [0.1, 0.15) is 28.1 Å². The zero-order valence-electron chi connectivity index (χ0n) is 20.0. The number of nitrogens with zero attached hydrogens (tertiary/aromatic N) is 2. The van der Waals surface area contributed by atoms with Gasteiger partial charge in [0.05, 0.1) is 17.7 Å². The highest BCUT2D eigenvalue weighted by molar-refractivity contribution is 7.12. The number of hydrogen-bond acceptors (Lipinski definition) is 6. The third-order valence-electron chi connectivity index (χ3n) is 6.09. The first-order valence-electron chi connectivity index (χ1n) is 12.0. The van der Waals surface area contributed by atoms with Gasteiger partial charge in [0.15, 0.2) is 0 Å². The van der Waals surface area contributed by atoms with Crippen molar-refractivity contribution < 1.29 is 14.3 Å². The predicted octanol–water partition coefficient (Wildman–Crippen LogP) is 5.32. The Bertz CT molecular complexity index is 1090. The minimum absolute atomic E-state index is 0.0274. The fourth-order valence-electron chi connectivity index (χ4n) is 4.15. The van der Waals surface area contributed by atoms with Gasteiger partial charge >= 0.3 is 0 Å². The van der Waals surface area contributed by atoms with Crippen LogP contribution < -0.4 is 19.7 Å². The standard InChI is InChI=1S/C27H32ClN3O3S/c1-33-23-7-4-6-21(18-23)20-34-25-10-9-22(28)19-24(25)31-15-13-30(14-16-31)12-3-2-11-29-27(32)26-8-5-17-35-26/h4-10,17-19H,2-3,11-16,20H2,1H3,(H,29,32). The lowest BCUT2D eigenvalue weighted by Gasteiger charge is -2.36. The lowest BCUT2D eigenvalue weighted by molar-refractivity contribution is 0.0956. The molecule has 0 radical (unpaired) electrons. The van der Waals surface area contributed by atoms with Gasteiger partial charge in [-0.1, -0.05) is 29.8 Å². The Morgan fingerprint density at radius 3 is 2.69 bits per heavy atom. The normalized spacial score (nSPS) is 14.1. The maximum Gasteiger partial charge on any atom is 0.261 e. The second kappa shape index (κ2) is 12.8. The summed E-state index contributed by atoms with van der Waals surface area (Å²) in [6.07, 6.45) is 2.05. The third kappa shape index (κ3) is 7.37. The SMILES string of the molecule is COc1cccc(COc2ccc(Cl)cc2N2CCN(CCCCNC(=O)c3cccs3)CC2)c1. The van der Waals surface area contributed by atoms with E-state index in [0.717, 1.165) is 73.2 Å². The lowest BCUT2D eigenvalue weighted by Crippen LogP contribution is -2.46. The van der Waals surface area contributed by atoms with Crippen molar-refractivity contribution in [3.63, 3.8) is 0 Å². The quantitative estimate of drug-likeness (QED) is 0.352. The van der Waals surface area contributed by atoms with Crippen molar-refractivity contribution in [2.75, 3.05) is 51.3 Å². The molecule has 1 aliphatic heterocycles. The third-order valence-corrected chi connectivity index (χ3v) is 7.20. The second-order valence-corrected chi connectivity index (χ2v) is 9.91. The Morgan fingerprint density at radius 2 is 1.91 bits per heavy atom. The number of thiophene rings is 1. The summed E-state index contributed by atoms with van der Waals surface area (Å²) in [4.78, 5) is 17.6. The number of rotatable bonds is 11. The number of benzene rings is 2. The fraction of sp³-hybridized carbons (Fsp3) is 0.370. The molecule has 1 aromatic heterocycles. The van der Waals surface area contributed by atoms with E-state index in [-0.39, 0.29) is 5.91 Å². The van der Waals surface area contributed by atoms with Crippen molar-refractivity contribution in [3.05, 3.63) is 75.4 Å². The number of unbranched alkanes of at least 4 members (excludes halogenated alkanes) is 1. The van der Waals surface area contributed by atoms with Gasteiger partial charge in [-0.15, -0.1) is 11.3 Å². The van der Waals surface area contributed by atoms with Crippen LogP contribution in [0.25, 0.3) is 0 Å². The van der Waals surface area contributed by atoms with Crippen molar-refractivity contribution in [1.29, 1.82) is 0 Å². The van der Waals surface area contributed by atoms with Gasteiger partial charge in [0, 0.05) is 37.7 Å². The Balaban J connectivity index is 1.22. The molecule has 1 fully saturated rings. The fourth-order valence-corrected chi connectivity index (χ4v) is 4.96. The number of ether oxygens (including phenoxy) is 2. The van der Waals surface area contributed by atoms with E-state index in [1.165, 1.54) is 11.3 Å². The number of anilines is 1. The van der Waals surface area contributed by atoms with Gasteiger partial charge in [0.25, 0.3) is 5.91 Å². The summed E-state index contributed by atoms with van der Waals surface area (Å²) in [5, 5.41) is 5.64. The molecule has 0 spiro atoms. The number of amides is 1. The average Bonchev–Trinajstić information content (AvgIpc) is 3.43. The Morgan fingerprint density at radius 1 is 1.06 bits per heavy atom. The van der Waals surface area contributed by atoms with Crippen molar-refractivity contribution in [1.82, 2.24) is 10.2 Å². The van der Waals surface area contributed by atoms with Gasteiger partial charge < -0.3 is 19.7 Å². The molecule has 2 aromatic carbocycles. The highest BCUT2D eigenvalue weighted by Crippen LogP contribution is 2.33. The molecule has 0 unspecified atom stereocenters. The molecule has 0 saturated carbocycles. The highest BCUT2D eigenvalue weighted by Gasteiger charge is 2.20. The van der Waals surface area contributed by atoms with E-state index < -0.39 is 0 Å². The molecule has 4 rings (SSSR count). The van der Waals surface area contributed by atoms with Crippen molar-refractivity contribution in [2.24, 2.45) is 0 Å². The number of hydrogen-bond donors (Lipinski definition) is 1. The van der Waals surface area contributed by atoms with Crippen LogP contribution in [0.3, 0.4) is 0 Å². The van der Waals surface area contributed by atoms with E-state index in [4.69, 9.17) is 21.1 Å². The molecule has 1 aliphatic rings. The average molecular weight is 514 g/mol. The largest absolute Gasteiger partial charge is 0.497 e. The van der Waals surface area contributed by atoms with Crippen LogP contribution in [0.2, 0.25) is 5.02 Å². The number of carbonyl (C=O) groups excluding carboxylic acids is 1. The minimum atomic E-state index is 0.0274. The lowest BCUT2D eigenvalue weighted by atomic mass is 10.2. The number of nitrogens with one attached hydrogen (secondary N) is 1. The first-order valence-corrected chi connectivity index (χ1v) is 13.2. The Kier molecular flexibility index (Phi) is 9.28. The minimum Gasteiger partial charge on any atom is -0.497 e. The van der Waals surface area contributed by atoms with E-state index in [9.17, 15) is 4.79 Å². The van der Waals surface area contributed by atoms with Crippen LogP contribution >= 0.6 is 22.9 Å². The second-order valence-electron chi connectivity index (χ2n) is 8.52. The summed E-state index contributed by atoms with van der Waals surface area (Å²) in [7, 11) is 1.67.